The van der Waals surface area contributed by atoms with Gasteiger partial charge in [-0.1, -0.05) is 18.2 Å². The lowest BCUT2D eigenvalue weighted by atomic mass is 9.97. The third kappa shape index (κ3) is 6.14. The summed E-state index contributed by atoms with van der Waals surface area (Å²) in [6, 6.07) is 10.8. The molecule has 0 fully saturated rings. The van der Waals surface area contributed by atoms with E-state index in [-0.39, 0.29) is 38.6 Å². The maximum Gasteiger partial charge on any atom is 0.262 e. The zero-order valence-corrected chi connectivity index (χ0v) is 20.3. The third-order valence-corrected chi connectivity index (χ3v) is 5.66. The Labute approximate surface area is 204 Å². The molecule has 0 bridgehead atoms. The Bertz CT molecular complexity index is 1080. The van der Waals surface area contributed by atoms with Crippen LogP contribution in [0.3, 0.4) is 0 Å². The highest BCUT2D eigenvalue weighted by Gasteiger charge is 2.36. The number of hydrazone groups is 1. The average molecular weight is 488 g/mol. The summed E-state index contributed by atoms with van der Waals surface area (Å²) in [5.41, 5.74) is 1.55. The largest absolute Gasteiger partial charge is 0.497 e. The lowest BCUT2D eigenvalue weighted by molar-refractivity contribution is -0.144. The molecule has 0 spiro atoms. The van der Waals surface area contributed by atoms with E-state index < -0.39 is 17.8 Å². The molecule has 1 aliphatic heterocycles. The van der Waals surface area contributed by atoms with Gasteiger partial charge >= 0.3 is 0 Å². The van der Waals surface area contributed by atoms with Gasteiger partial charge < -0.3 is 23.8 Å². The molecule has 35 heavy (non-hydrogen) atoms. The van der Waals surface area contributed by atoms with E-state index in [1.165, 1.54) is 37.3 Å². The van der Waals surface area contributed by atoms with E-state index in [9.17, 15) is 14.0 Å². The molecular weight excluding hydrogens is 457 g/mol. The van der Waals surface area contributed by atoms with Crippen LogP contribution in [0.4, 0.5) is 4.39 Å². The molecule has 0 aromatic heterocycles. The van der Waals surface area contributed by atoms with E-state index in [1.54, 1.807) is 43.5 Å². The summed E-state index contributed by atoms with van der Waals surface area (Å²) in [6.45, 7) is 0.0148. The number of carbonyl (C=O) groups is 2. The van der Waals surface area contributed by atoms with Gasteiger partial charge in [-0.15, -0.1) is 0 Å². The van der Waals surface area contributed by atoms with E-state index in [0.717, 1.165) is 0 Å². The van der Waals surface area contributed by atoms with Crippen molar-refractivity contribution < 1.29 is 32.9 Å². The minimum atomic E-state index is -0.688. The van der Waals surface area contributed by atoms with Gasteiger partial charge in [-0.3, -0.25) is 9.59 Å². The van der Waals surface area contributed by atoms with Gasteiger partial charge in [-0.25, -0.2) is 9.40 Å². The van der Waals surface area contributed by atoms with Gasteiger partial charge in [0.2, 0.25) is 5.91 Å². The molecule has 0 saturated heterocycles. The fourth-order valence-corrected chi connectivity index (χ4v) is 3.87. The van der Waals surface area contributed by atoms with Gasteiger partial charge in [-0.05, 0) is 18.2 Å². The van der Waals surface area contributed by atoms with Gasteiger partial charge in [0.25, 0.3) is 5.91 Å². The maximum absolute atomic E-state index is 14.8. The van der Waals surface area contributed by atoms with Crippen LogP contribution in [0.15, 0.2) is 47.6 Å². The molecule has 3 rings (SSSR count). The highest BCUT2D eigenvalue weighted by atomic mass is 19.1. The number of hydrogen-bond donors (Lipinski definition) is 0. The first-order valence-electron chi connectivity index (χ1n) is 11.1. The van der Waals surface area contributed by atoms with Gasteiger partial charge in [0.15, 0.2) is 0 Å². The van der Waals surface area contributed by atoms with Crippen LogP contribution in [0.5, 0.6) is 11.5 Å². The molecule has 188 valence electrons. The lowest BCUT2D eigenvalue weighted by Crippen LogP contribution is -2.44. The molecule has 10 heteroatoms. The Morgan fingerprint density at radius 3 is 2.51 bits per heavy atom. The Morgan fingerprint density at radius 2 is 1.86 bits per heavy atom. The zero-order valence-electron chi connectivity index (χ0n) is 20.3. The summed E-state index contributed by atoms with van der Waals surface area (Å²) >= 11 is 0. The predicted octanol–water partition coefficient (Wildman–Crippen LogP) is 2.64. The highest BCUT2D eigenvalue weighted by molar-refractivity contribution is 6.05. The second-order valence-corrected chi connectivity index (χ2v) is 7.83. The van der Waals surface area contributed by atoms with Crippen LogP contribution in [-0.4, -0.2) is 82.2 Å². The van der Waals surface area contributed by atoms with Crippen molar-refractivity contribution in [3.05, 3.63) is 59.4 Å². The van der Waals surface area contributed by atoms with Crippen molar-refractivity contribution in [3.8, 4) is 11.5 Å². The molecule has 0 aliphatic carbocycles. The van der Waals surface area contributed by atoms with E-state index in [4.69, 9.17) is 18.9 Å². The van der Waals surface area contributed by atoms with Crippen LogP contribution in [0.25, 0.3) is 0 Å². The van der Waals surface area contributed by atoms with Crippen LogP contribution < -0.4 is 9.47 Å². The van der Waals surface area contributed by atoms with Crippen molar-refractivity contribution >= 4 is 17.5 Å². The minimum Gasteiger partial charge on any atom is -0.497 e. The summed E-state index contributed by atoms with van der Waals surface area (Å²) in [4.78, 5) is 27.3. The number of amides is 2. The Morgan fingerprint density at radius 1 is 1.09 bits per heavy atom. The Balaban J connectivity index is 1.97. The SMILES string of the molecule is COCCN(CC(=O)N1N=C(c2ccc(OC)cc2OC)CC1c1ccccc1F)C(=O)COC. The Kier molecular flexibility index (Phi) is 9.16. The summed E-state index contributed by atoms with van der Waals surface area (Å²) < 4.78 is 35.6. The van der Waals surface area contributed by atoms with E-state index in [0.29, 0.717) is 28.3 Å². The molecule has 1 unspecified atom stereocenters. The molecule has 2 aromatic rings. The van der Waals surface area contributed by atoms with Crippen LogP contribution in [-0.2, 0) is 19.1 Å². The maximum atomic E-state index is 14.8. The summed E-state index contributed by atoms with van der Waals surface area (Å²) in [7, 11) is 5.99. The second-order valence-electron chi connectivity index (χ2n) is 7.83. The summed E-state index contributed by atoms with van der Waals surface area (Å²) in [5, 5.41) is 5.82. The monoisotopic (exact) mass is 487 g/mol. The van der Waals surface area contributed by atoms with Crippen molar-refractivity contribution in [1.29, 1.82) is 0 Å². The molecule has 9 nitrogen and oxygen atoms in total. The fraction of sp³-hybridized carbons (Fsp3) is 0.400. The van der Waals surface area contributed by atoms with Gasteiger partial charge in [0.05, 0.1) is 32.6 Å². The number of carbonyl (C=O) groups excluding carboxylic acids is 2. The first-order valence-corrected chi connectivity index (χ1v) is 11.1. The van der Waals surface area contributed by atoms with Crippen LogP contribution in [0.2, 0.25) is 0 Å². The van der Waals surface area contributed by atoms with E-state index in [1.807, 2.05) is 0 Å². The van der Waals surface area contributed by atoms with Gasteiger partial charge in [0.1, 0.15) is 30.5 Å². The second kappa shape index (κ2) is 12.3. The topological polar surface area (TPSA) is 89.9 Å². The number of hydrogen-bond acceptors (Lipinski definition) is 7. The highest BCUT2D eigenvalue weighted by Crippen LogP contribution is 2.37. The van der Waals surface area contributed by atoms with Gasteiger partial charge in [0, 0.05) is 44.4 Å². The number of benzene rings is 2. The molecule has 0 N–H and O–H groups in total. The standard InChI is InChI=1S/C25H30FN3O6/c1-32-12-11-28(25(31)16-33-2)15-24(30)29-22(18-7-5-6-8-20(18)26)14-21(27-29)19-10-9-17(34-3)13-23(19)35-4/h5-10,13,22H,11-12,14-16H2,1-4H3. The molecule has 2 aromatic carbocycles. The van der Waals surface area contributed by atoms with Crippen molar-refractivity contribution in [2.24, 2.45) is 5.10 Å². The van der Waals surface area contributed by atoms with Gasteiger partial charge in [-0.2, -0.15) is 5.10 Å². The normalized spacial score (nSPS) is 15.1. The molecule has 0 saturated carbocycles. The van der Waals surface area contributed by atoms with Crippen LogP contribution in [0, 0.1) is 5.82 Å². The first-order chi connectivity index (χ1) is 16.9. The summed E-state index contributed by atoms with van der Waals surface area (Å²) in [6.07, 6.45) is 0.263. The quantitative estimate of drug-likeness (QED) is 0.484. The number of ether oxygens (including phenoxy) is 4. The van der Waals surface area contributed by atoms with Crippen molar-refractivity contribution in [1.82, 2.24) is 9.91 Å². The Hall–Kier alpha value is -3.50. The van der Waals surface area contributed by atoms with Crippen molar-refractivity contribution in [2.75, 3.05) is 54.7 Å². The van der Waals surface area contributed by atoms with Crippen molar-refractivity contribution in [2.45, 2.75) is 12.5 Å². The average Bonchev–Trinajstić information content (AvgIpc) is 3.31. The van der Waals surface area contributed by atoms with Crippen LogP contribution in [0.1, 0.15) is 23.6 Å². The number of nitrogens with zero attached hydrogens (tertiary/aromatic N) is 3. The molecule has 0 radical (unpaired) electrons. The number of methoxy groups -OCH3 is 4. The number of rotatable bonds is 11. The molecule has 1 atom stereocenters. The van der Waals surface area contributed by atoms with E-state index in [2.05, 4.69) is 5.10 Å². The first kappa shape index (κ1) is 26.1. The number of halogens is 1. The molecule has 1 heterocycles. The molecular formula is C25H30FN3O6. The van der Waals surface area contributed by atoms with Crippen LogP contribution >= 0.6 is 0 Å². The fourth-order valence-electron chi connectivity index (χ4n) is 3.87. The summed E-state index contributed by atoms with van der Waals surface area (Å²) in [5.74, 6) is -0.142. The molecule has 1 aliphatic rings. The zero-order chi connectivity index (χ0) is 25.4. The molecule has 2 amide bonds. The lowest BCUT2D eigenvalue weighted by Gasteiger charge is -2.27. The smallest absolute Gasteiger partial charge is 0.262 e. The van der Waals surface area contributed by atoms with Crippen molar-refractivity contribution in [3.63, 3.8) is 0 Å². The third-order valence-electron chi connectivity index (χ3n) is 5.66. The minimum absolute atomic E-state index is 0.175. The van der Waals surface area contributed by atoms with E-state index >= 15 is 0 Å². The predicted molar refractivity (Wildman–Crippen MR) is 127 cm³/mol.